The highest BCUT2D eigenvalue weighted by Crippen LogP contribution is 2.29. The lowest BCUT2D eigenvalue weighted by Crippen LogP contribution is -2.25. The molecule has 1 atom stereocenters. The van der Waals surface area contributed by atoms with Crippen molar-refractivity contribution in [2.45, 2.75) is 25.8 Å². The SMILES string of the molecule is COc1ccc(-n2c([C@H]3CC(=O)N(Cc4ccccc4)C3)n[nH]c2=O)c(C)c1. The number of aromatic amines is 1. The molecular weight excluding hydrogens is 356 g/mol. The number of nitrogens with zero attached hydrogens (tertiary/aromatic N) is 3. The third-order valence-corrected chi connectivity index (χ3v) is 5.14. The number of amides is 1. The van der Waals surface area contributed by atoms with E-state index in [-0.39, 0.29) is 17.5 Å². The molecule has 4 rings (SSSR count). The van der Waals surface area contributed by atoms with Gasteiger partial charge in [0.25, 0.3) is 0 Å². The van der Waals surface area contributed by atoms with Crippen molar-refractivity contribution in [3.8, 4) is 11.4 Å². The van der Waals surface area contributed by atoms with E-state index < -0.39 is 0 Å². The van der Waals surface area contributed by atoms with Crippen molar-refractivity contribution >= 4 is 5.91 Å². The zero-order chi connectivity index (χ0) is 19.7. The van der Waals surface area contributed by atoms with Crippen molar-refractivity contribution in [1.82, 2.24) is 19.7 Å². The number of ether oxygens (including phenoxy) is 1. The fourth-order valence-electron chi connectivity index (χ4n) is 3.72. The van der Waals surface area contributed by atoms with E-state index in [1.54, 1.807) is 11.7 Å². The van der Waals surface area contributed by atoms with Crippen molar-refractivity contribution in [2.24, 2.45) is 0 Å². The number of nitrogens with one attached hydrogen (secondary N) is 1. The molecule has 1 amide bonds. The number of methoxy groups -OCH3 is 1. The van der Waals surface area contributed by atoms with Gasteiger partial charge in [0.15, 0.2) is 0 Å². The summed E-state index contributed by atoms with van der Waals surface area (Å²) in [7, 11) is 1.61. The molecule has 0 saturated carbocycles. The monoisotopic (exact) mass is 378 g/mol. The van der Waals surface area contributed by atoms with E-state index in [1.807, 2.05) is 60.4 Å². The number of hydrogen-bond donors (Lipinski definition) is 1. The number of carbonyl (C=O) groups is 1. The van der Waals surface area contributed by atoms with Crippen LogP contribution in [0.2, 0.25) is 0 Å². The quantitative estimate of drug-likeness (QED) is 0.739. The van der Waals surface area contributed by atoms with Gasteiger partial charge in [0.05, 0.1) is 12.8 Å². The van der Waals surface area contributed by atoms with E-state index >= 15 is 0 Å². The molecule has 1 aromatic heterocycles. The Hall–Kier alpha value is -3.35. The number of H-pyrrole nitrogens is 1. The van der Waals surface area contributed by atoms with Crippen molar-refractivity contribution < 1.29 is 9.53 Å². The smallest absolute Gasteiger partial charge is 0.347 e. The maximum Gasteiger partial charge on any atom is 0.347 e. The van der Waals surface area contributed by atoms with Gasteiger partial charge in [-0.15, -0.1) is 0 Å². The van der Waals surface area contributed by atoms with Crippen molar-refractivity contribution in [3.63, 3.8) is 0 Å². The Balaban J connectivity index is 1.63. The van der Waals surface area contributed by atoms with Crippen molar-refractivity contribution in [3.05, 3.63) is 76.0 Å². The van der Waals surface area contributed by atoms with E-state index in [0.29, 0.717) is 25.3 Å². The average Bonchev–Trinajstić information content (AvgIpc) is 3.25. The molecular formula is C21H22N4O3. The van der Waals surface area contributed by atoms with Gasteiger partial charge in [-0.1, -0.05) is 30.3 Å². The van der Waals surface area contributed by atoms with Gasteiger partial charge in [-0.2, -0.15) is 5.10 Å². The molecule has 0 spiro atoms. The second kappa shape index (κ2) is 7.34. The Bertz CT molecular complexity index is 1060. The lowest BCUT2D eigenvalue weighted by Gasteiger charge is -2.17. The Morgan fingerprint density at radius 3 is 2.68 bits per heavy atom. The molecule has 2 heterocycles. The molecule has 1 aliphatic rings. The third-order valence-electron chi connectivity index (χ3n) is 5.14. The average molecular weight is 378 g/mol. The highest BCUT2D eigenvalue weighted by atomic mass is 16.5. The minimum Gasteiger partial charge on any atom is -0.497 e. The second-order valence-corrected chi connectivity index (χ2v) is 7.04. The van der Waals surface area contributed by atoms with E-state index in [4.69, 9.17) is 4.74 Å². The maximum atomic E-state index is 12.6. The van der Waals surface area contributed by atoms with Crippen LogP contribution in [0.4, 0.5) is 0 Å². The molecule has 3 aromatic rings. The molecule has 7 nitrogen and oxygen atoms in total. The molecule has 144 valence electrons. The first-order valence-electron chi connectivity index (χ1n) is 9.21. The van der Waals surface area contributed by atoms with Gasteiger partial charge in [0.1, 0.15) is 11.6 Å². The van der Waals surface area contributed by atoms with Gasteiger partial charge in [-0.25, -0.2) is 14.5 Å². The predicted molar refractivity (Wildman–Crippen MR) is 105 cm³/mol. The lowest BCUT2D eigenvalue weighted by atomic mass is 10.1. The standard InChI is InChI=1S/C21H22N4O3/c1-14-10-17(28-2)8-9-18(14)25-20(22-23-21(25)27)16-11-19(26)24(13-16)12-15-6-4-3-5-7-15/h3-10,16H,11-13H2,1-2H3,(H,23,27)/t16-/m0/s1. The van der Waals surface area contributed by atoms with Crippen LogP contribution in [0.25, 0.3) is 5.69 Å². The van der Waals surface area contributed by atoms with Crippen LogP contribution < -0.4 is 10.4 Å². The molecule has 1 fully saturated rings. The van der Waals surface area contributed by atoms with Crippen LogP contribution >= 0.6 is 0 Å². The van der Waals surface area contributed by atoms with Crippen LogP contribution in [0.15, 0.2) is 53.3 Å². The molecule has 1 N–H and O–H groups in total. The number of aromatic nitrogens is 3. The molecule has 28 heavy (non-hydrogen) atoms. The zero-order valence-corrected chi connectivity index (χ0v) is 15.9. The van der Waals surface area contributed by atoms with Crippen LogP contribution in [-0.4, -0.2) is 39.2 Å². The summed E-state index contributed by atoms with van der Waals surface area (Å²) in [4.78, 5) is 26.8. The first-order valence-corrected chi connectivity index (χ1v) is 9.21. The van der Waals surface area contributed by atoms with Gasteiger partial charge in [0, 0.05) is 25.4 Å². The predicted octanol–water partition coefficient (Wildman–Crippen LogP) is 2.39. The Morgan fingerprint density at radius 2 is 1.96 bits per heavy atom. The fraction of sp³-hybridized carbons (Fsp3) is 0.286. The topological polar surface area (TPSA) is 80.2 Å². The highest BCUT2D eigenvalue weighted by Gasteiger charge is 2.34. The van der Waals surface area contributed by atoms with Gasteiger partial charge in [-0.3, -0.25) is 4.79 Å². The molecule has 1 saturated heterocycles. The normalized spacial score (nSPS) is 16.6. The van der Waals surface area contributed by atoms with Gasteiger partial charge in [-0.05, 0) is 36.2 Å². The summed E-state index contributed by atoms with van der Waals surface area (Å²) >= 11 is 0. The number of benzene rings is 2. The number of hydrogen-bond acceptors (Lipinski definition) is 4. The van der Waals surface area contributed by atoms with Crippen LogP contribution in [0.3, 0.4) is 0 Å². The first kappa shape index (κ1) is 18.0. The highest BCUT2D eigenvalue weighted by molar-refractivity contribution is 5.79. The fourth-order valence-corrected chi connectivity index (χ4v) is 3.72. The summed E-state index contributed by atoms with van der Waals surface area (Å²) in [5, 5.41) is 6.79. The Labute approximate surface area is 162 Å². The molecule has 0 aliphatic carbocycles. The van der Waals surface area contributed by atoms with Gasteiger partial charge < -0.3 is 9.64 Å². The molecule has 7 heteroatoms. The van der Waals surface area contributed by atoms with Crippen LogP contribution in [0.5, 0.6) is 5.75 Å². The summed E-state index contributed by atoms with van der Waals surface area (Å²) in [5.41, 5.74) is 2.41. The second-order valence-electron chi connectivity index (χ2n) is 7.04. The van der Waals surface area contributed by atoms with Crippen LogP contribution in [-0.2, 0) is 11.3 Å². The summed E-state index contributed by atoms with van der Waals surface area (Å²) in [6.45, 7) is 3.02. The lowest BCUT2D eigenvalue weighted by molar-refractivity contribution is -0.128. The minimum absolute atomic E-state index is 0.0716. The van der Waals surface area contributed by atoms with Crippen molar-refractivity contribution in [1.29, 1.82) is 0 Å². The van der Waals surface area contributed by atoms with E-state index in [1.165, 1.54) is 0 Å². The minimum atomic E-state index is -0.308. The molecule has 1 aliphatic heterocycles. The van der Waals surface area contributed by atoms with Crippen LogP contribution in [0.1, 0.15) is 29.3 Å². The number of carbonyl (C=O) groups excluding carboxylic acids is 1. The summed E-state index contributed by atoms with van der Waals surface area (Å²) < 4.78 is 6.82. The summed E-state index contributed by atoms with van der Waals surface area (Å²) in [6, 6.07) is 15.4. The summed E-state index contributed by atoms with van der Waals surface area (Å²) in [6.07, 6.45) is 0.340. The largest absolute Gasteiger partial charge is 0.497 e. The summed E-state index contributed by atoms with van der Waals surface area (Å²) in [5.74, 6) is 1.24. The van der Waals surface area contributed by atoms with E-state index in [2.05, 4.69) is 10.2 Å². The van der Waals surface area contributed by atoms with Gasteiger partial charge >= 0.3 is 5.69 Å². The molecule has 0 radical (unpaired) electrons. The zero-order valence-electron chi connectivity index (χ0n) is 15.9. The Morgan fingerprint density at radius 1 is 1.18 bits per heavy atom. The number of rotatable bonds is 5. The third kappa shape index (κ3) is 3.31. The van der Waals surface area contributed by atoms with Gasteiger partial charge in [0.2, 0.25) is 5.91 Å². The number of aryl methyl sites for hydroxylation is 1. The molecule has 0 bridgehead atoms. The first-order chi connectivity index (χ1) is 13.6. The van der Waals surface area contributed by atoms with Crippen molar-refractivity contribution in [2.75, 3.05) is 13.7 Å². The molecule has 2 aromatic carbocycles. The maximum absolute atomic E-state index is 12.6. The number of likely N-dealkylation sites (tertiary alicyclic amines) is 1. The van der Waals surface area contributed by atoms with E-state index in [9.17, 15) is 9.59 Å². The van der Waals surface area contributed by atoms with E-state index in [0.717, 1.165) is 22.6 Å². The Kier molecular flexibility index (Phi) is 4.73. The van der Waals surface area contributed by atoms with Crippen LogP contribution in [0, 0.1) is 6.92 Å². The molecule has 0 unspecified atom stereocenters.